The molecule has 9 nitrogen and oxygen atoms in total. The molecule has 42 heavy (non-hydrogen) atoms. The molecule has 3 aromatic rings. The second-order valence-corrected chi connectivity index (χ2v) is 10.9. The summed E-state index contributed by atoms with van der Waals surface area (Å²) < 4.78 is 32.6. The zero-order chi connectivity index (χ0) is 29.1. The van der Waals surface area contributed by atoms with Crippen molar-refractivity contribution in [3.8, 4) is 0 Å². The van der Waals surface area contributed by atoms with Gasteiger partial charge in [-0.15, -0.1) is 0 Å². The Morgan fingerprint density at radius 2 is 1.24 bits per heavy atom. The summed E-state index contributed by atoms with van der Waals surface area (Å²) in [5, 5.41) is 14.8. The monoisotopic (exact) mass is 573 g/mol. The first-order valence-electron chi connectivity index (χ1n) is 14.6. The van der Waals surface area contributed by atoms with Crippen LogP contribution in [0, 0.1) is 0 Å². The number of aliphatic hydroxyl groups excluding tert-OH is 1. The zero-order valence-electron chi connectivity index (χ0n) is 23.9. The molecule has 5 unspecified atom stereocenters. The van der Waals surface area contributed by atoms with Gasteiger partial charge in [0.1, 0.15) is 18.3 Å². The van der Waals surface area contributed by atoms with E-state index in [-0.39, 0.29) is 0 Å². The summed E-state index contributed by atoms with van der Waals surface area (Å²) in [6.07, 6.45) is -2.65. The Bertz CT molecular complexity index is 1260. The molecule has 9 heteroatoms. The van der Waals surface area contributed by atoms with Gasteiger partial charge in [-0.25, -0.2) is 0 Å². The molecular formula is C33H39N3O6. The van der Waals surface area contributed by atoms with Gasteiger partial charge in [-0.05, 0) is 42.0 Å². The van der Waals surface area contributed by atoms with Crippen molar-refractivity contribution < 1.29 is 28.8 Å². The Morgan fingerprint density at radius 1 is 0.738 bits per heavy atom. The van der Waals surface area contributed by atoms with Crippen LogP contribution >= 0.6 is 0 Å². The summed E-state index contributed by atoms with van der Waals surface area (Å²) >= 11 is 0. The summed E-state index contributed by atoms with van der Waals surface area (Å²) in [5.41, 5.74) is 12.2. The molecule has 0 spiro atoms. The maximum atomic E-state index is 10.9. The van der Waals surface area contributed by atoms with E-state index in [1.807, 2.05) is 97.9 Å². The Hall–Kier alpha value is -3.27. The normalized spacial score (nSPS) is 29.5. The van der Waals surface area contributed by atoms with Crippen molar-refractivity contribution in [2.45, 2.75) is 95.0 Å². The van der Waals surface area contributed by atoms with E-state index in [2.05, 4.69) is 10.0 Å². The molecule has 0 bridgehead atoms. The molecule has 1 saturated carbocycles. The lowest BCUT2D eigenvalue weighted by molar-refractivity contribution is -0.335. The van der Waals surface area contributed by atoms with Crippen LogP contribution in [0.1, 0.15) is 42.9 Å². The number of hydrogen-bond acceptors (Lipinski definition) is 7. The van der Waals surface area contributed by atoms with E-state index in [4.69, 9.17) is 29.2 Å². The average Bonchev–Trinajstić information content (AvgIpc) is 3.02. The first kappa shape index (κ1) is 30.2. The molecule has 1 saturated heterocycles. The van der Waals surface area contributed by atoms with Gasteiger partial charge in [-0.2, -0.15) is 0 Å². The topological polar surface area (TPSA) is 115 Å². The van der Waals surface area contributed by atoms with E-state index in [9.17, 15) is 5.11 Å². The largest absolute Gasteiger partial charge is 0.390 e. The van der Waals surface area contributed by atoms with Crippen molar-refractivity contribution in [1.82, 2.24) is 0 Å². The smallest absolute Gasteiger partial charge is 0.187 e. The Morgan fingerprint density at radius 3 is 1.76 bits per heavy atom. The zero-order valence-corrected chi connectivity index (χ0v) is 23.9. The lowest BCUT2D eigenvalue weighted by Crippen LogP contribution is -2.61. The minimum atomic E-state index is -0.893. The highest BCUT2D eigenvalue weighted by molar-refractivity contribution is 5.15. The molecule has 1 heterocycles. The van der Waals surface area contributed by atoms with Crippen molar-refractivity contribution in [1.29, 1.82) is 0 Å². The standard InChI is InChI=1S/C33H39N3O6/c1-23-29(38-20-24-12-5-2-6-13-24)31(39-21-25-14-7-3-8-15-25)32(40-22-26-16-9-4-10-17-26)33(41-23)42-30-27(35-36-34)18-11-19-28(30)37/h2-10,12-17,23,27-33,37H,11,18-22H2,1H3/t23?,27?,28-,29-,30?,31?,32?,33+/m1/s1. The predicted molar refractivity (Wildman–Crippen MR) is 157 cm³/mol. The summed E-state index contributed by atoms with van der Waals surface area (Å²) in [4.78, 5) is 3.01. The lowest BCUT2D eigenvalue weighted by Gasteiger charge is -2.47. The van der Waals surface area contributed by atoms with Crippen LogP contribution in [-0.4, -0.2) is 54.1 Å². The molecule has 0 radical (unpaired) electrons. The third-order valence-corrected chi connectivity index (χ3v) is 7.83. The third-order valence-electron chi connectivity index (χ3n) is 7.83. The molecule has 8 atom stereocenters. The number of nitrogens with zero attached hydrogens (tertiary/aromatic N) is 3. The summed E-state index contributed by atoms with van der Waals surface area (Å²) in [6.45, 7) is 2.95. The molecule has 5 rings (SSSR count). The van der Waals surface area contributed by atoms with E-state index in [1.54, 1.807) is 0 Å². The molecule has 2 aliphatic rings. The molecule has 1 N–H and O–H groups in total. The first-order valence-corrected chi connectivity index (χ1v) is 14.6. The average molecular weight is 574 g/mol. The van der Waals surface area contributed by atoms with Gasteiger partial charge in [0.05, 0.1) is 44.2 Å². The van der Waals surface area contributed by atoms with Crippen molar-refractivity contribution in [2.75, 3.05) is 0 Å². The molecule has 1 aliphatic heterocycles. The van der Waals surface area contributed by atoms with Crippen LogP contribution in [0.2, 0.25) is 0 Å². The van der Waals surface area contributed by atoms with Gasteiger partial charge in [-0.3, -0.25) is 0 Å². The number of ether oxygens (including phenoxy) is 5. The summed E-state index contributed by atoms with van der Waals surface area (Å²) in [5.74, 6) is 0. The van der Waals surface area contributed by atoms with Gasteiger partial charge in [0.2, 0.25) is 0 Å². The van der Waals surface area contributed by atoms with Crippen LogP contribution < -0.4 is 0 Å². The fourth-order valence-corrected chi connectivity index (χ4v) is 5.63. The third kappa shape index (κ3) is 7.96. The van der Waals surface area contributed by atoms with E-state index < -0.39 is 49.0 Å². The lowest BCUT2D eigenvalue weighted by atomic mass is 9.90. The van der Waals surface area contributed by atoms with Crippen LogP contribution in [0.3, 0.4) is 0 Å². The second-order valence-electron chi connectivity index (χ2n) is 10.9. The SMILES string of the molecule is CC1O[C@@H](OC2C(N=[N+]=[N-])CCC[C@H]2O)C(OCc2ccccc2)C(OCc2ccccc2)[C@@H]1OCc1ccccc1. The van der Waals surface area contributed by atoms with Crippen molar-refractivity contribution in [2.24, 2.45) is 5.11 Å². The molecule has 0 amide bonds. The number of rotatable bonds is 12. The Balaban J connectivity index is 1.43. The highest BCUT2D eigenvalue weighted by atomic mass is 16.7. The number of azide groups is 1. The molecule has 222 valence electrons. The van der Waals surface area contributed by atoms with E-state index in [0.29, 0.717) is 32.7 Å². The van der Waals surface area contributed by atoms with Gasteiger partial charge in [0, 0.05) is 4.91 Å². The van der Waals surface area contributed by atoms with E-state index >= 15 is 0 Å². The number of hydrogen-bond donors (Lipinski definition) is 1. The maximum absolute atomic E-state index is 10.9. The van der Waals surface area contributed by atoms with Crippen molar-refractivity contribution in [3.05, 3.63) is 118 Å². The van der Waals surface area contributed by atoms with Gasteiger partial charge in [0.15, 0.2) is 6.29 Å². The second kappa shape index (κ2) is 15.3. The van der Waals surface area contributed by atoms with Gasteiger partial charge in [-0.1, -0.05) is 103 Å². The van der Waals surface area contributed by atoms with Crippen LogP contribution in [0.5, 0.6) is 0 Å². The van der Waals surface area contributed by atoms with Gasteiger partial charge in [0.25, 0.3) is 0 Å². The molecule has 2 fully saturated rings. The quantitative estimate of drug-likeness (QED) is 0.159. The minimum Gasteiger partial charge on any atom is -0.390 e. The predicted octanol–water partition coefficient (Wildman–Crippen LogP) is 6.10. The minimum absolute atomic E-state index is 0.298. The first-order chi connectivity index (χ1) is 20.6. The summed E-state index contributed by atoms with van der Waals surface area (Å²) in [7, 11) is 0. The van der Waals surface area contributed by atoms with Crippen LogP contribution in [0.25, 0.3) is 10.4 Å². The molecular weight excluding hydrogens is 534 g/mol. The molecule has 0 aromatic heterocycles. The molecule has 3 aromatic carbocycles. The van der Waals surface area contributed by atoms with E-state index in [0.717, 1.165) is 23.1 Å². The fourth-order valence-electron chi connectivity index (χ4n) is 5.63. The summed E-state index contributed by atoms with van der Waals surface area (Å²) in [6, 6.07) is 29.3. The fraction of sp³-hybridized carbons (Fsp3) is 0.455. The Kier molecular flexibility index (Phi) is 11.0. The maximum Gasteiger partial charge on any atom is 0.187 e. The van der Waals surface area contributed by atoms with Crippen LogP contribution in [0.15, 0.2) is 96.1 Å². The van der Waals surface area contributed by atoms with Gasteiger partial charge < -0.3 is 28.8 Å². The van der Waals surface area contributed by atoms with Crippen LogP contribution in [-0.2, 0) is 43.5 Å². The number of benzene rings is 3. The number of aliphatic hydroxyl groups is 1. The van der Waals surface area contributed by atoms with Crippen LogP contribution in [0.4, 0.5) is 0 Å². The van der Waals surface area contributed by atoms with Crippen molar-refractivity contribution >= 4 is 0 Å². The molecule has 1 aliphatic carbocycles. The van der Waals surface area contributed by atoms with Gasteiger partial charge >= 0.3 is 0 Å². The highest BCUT2D eigenvalue weighted by Gasteiger charge is 2.49. The Labute approximate surface area is 247 Å². The van der Waals surface area contributed by atoms with Crippen molar-refractivity contribution in [3.63, 3.8) is 0 Å². The van der Waals surface area contributed by atoms with E-state index in [1.165, 1.54) is 0 Å². The highest BCUT2D eigenvalue weighted by Crippen LogP contribution is 2.34.